The number of rotatable bonds is 8. The van der Waals surface area contributed by atoms with Gasteiger partial charge in [0, 0.05) is 12.6 Å². The maximum Gasteiger partial charge on any atom is 0.315 e. The van der Waals surface area contributed by atoms with Crippen LogP contribution in [0.1, 0.15) is 51.9 Å². The first-order valence-electron chi connectivity index (χ1n) is 8.06. The predicted octanol–water partition coefficient (Wildman–Crippen LogP) is 1.24. The lowest BCUT2D eigenvalue weighted by molar-refractivity contribution is -0.141. The summed E-state index contributed by atoms with van der Waals surface area (Å²) in [4.78, 5) is 34.3. The van der Waals surface area contributed by atoms with Gasteiger partial charge in [-0.25, -0.2) is 4.79 Å². The normalized spacial score (nSPS) is 16.6. The molecule has 0 radical (unpaired) electrons. The molecule has 7 heteroatoms. The van der Waals surface area contributed by atoms with E-state index >= 15 is 0 Å². The number of carboxylic acids is 1. The van der Waals surface area contributed by atoms with E-state index in [0.717, 1.165) is 32.1 Å². The van der Waals surface area contributed by atoms with Gasteiger partial charge in [0.25, 0.3) is 0 Å². The van der Waals surface area contributed by atoms with E-state index in [1.807, 2.05) is 6.92 Å². The van der Waals surface area contributed by atoms with Crippen molar-refractivity contribution in [2.75, 3.05) is 13.1 Å². The fourth-order valence-electron chi connectivity index (χ4n) is 2.60. The zero-order chi connectivity index (χ0) is 16.4. The first-order chi connectivity index (χ1) is 10.5. The molecule has 1 aliphatic carbocycles. The number of nitrogens with one attached hydrogen (secondary N) is 3. The summed E-state index contributed by atoms with van der Waals surface area (Å²) >= 11 is 0. The van der Waals surface area contributed by atoms with Gasteiger partial charge in [0.1, 0.15) is 0 Å². The molecule has 7 nitrogen and oxygen atoms in total. The average Bonchev–Trinajstić information content (AvgIpc) is 2.50. The van der Waals surface area contributed by atoms with Crippen LogP contribution in [-0.2, 0) is 9.59 Å². The molecule has 0 aliphatic heterocycles. The van der Waals surface area contributed by atoms with Crippen molar-refractivity contribution in [3.05, 3.63) is 0 Å². The molecule has 126 valence electrons. The molecule has 0 spiro atoms. The lowest BCUT2D eigenvalue weighted by atomic mass is 9.96. The highest BCUT2D eigenvalue weighted by molar-refractivity contribution is 5.84. The molecule has 4 N–H and O–H groups in total. The largest absolute Gasteiger partial charge is 0.481 e. The van der Waals surface area contributed by atoms with Gasteiger partial charge < -0.3 is 21.1 Å². The third-order valence-corrected chi connectivity index (χ3v) is 3.88. The molecular weight excluding hydrogens is 286 g/mol. The molecule has 0 heterocycles. The number of hydrogen-bond acceptors (Lipinski definition) is 3. The van der Waals surface area contributed by atoms with E-state index in [0.29, 0.717) is 6.42 Å². The first-order valence-corrected chi connectivity index (χ1v) is 8.06. The van der Waals surface area contributed by atoms with Gasteiger partial charge in [-0.3, -0.25) is 9.59 Å². The van der Waals surface area contributed by atoms with Gasteiger partial charge in [0.05, 0.1) is 12.5 Å². The molecule has 1 aliphatic rings. The van der Waals surface area contributed by atoms with E-state index in [9.17, 15) is 14.4 Å². The number of carboxylic acid groups (broad SMARTS) is 1. The summed E-state index contributed by atoms with van der Waals surface area (Å²) in [6, 6.07) is -0.150. The molecule has 0 bridgehead atoms. The van der Waals surface area contributed by atoms with Crippen molar-refractivity contribution in [3.8, 4) is 0 Å². The number of hydrogen-bond donors (Lipinski definition) is 4. The standard InChI is InChI=1S/C15H27N3O4/c1-2-6-11(14(20)21)9-16-13(19)10-17-15(22)18-12-7-4-3-5-8-12/h11-12H,2-10H2,1H3,(H,16,19)(H,20,21)(H2,17,18,22). The molecule has 1 atom stereocenters. The van der Waals surface area contributed by atoms with E-state index in [2.05, 4.69) is 16.0 Å². The van der Waals surface area contributed by atoms with Crippen LogP contribution >= 0.6 is 0 Å². The summed E-state index contributed by atoms with van der Waals surface area (Å²) in [7, 11) is 0. The fraction of sp³-hybridized carbons (Fsp3) is 0.800. The maximum absolute atomic E-state index is 11.7. The molecule has 0 saturated heterocycles. The van der Waals surface area contributed by atoms with Gasteiger partial charge in [0.2, 0.25) is 5.91 Å². The topological polar surface area (TPSA) is 108 Å². The summed E-state index contributed by atoms with van der Waals surface area (Å²) in [5.41, 5.74) is 0. The Labute approximate surface area is 131 Å². The summed E-state index contributed by atoms with van der Waals surface area (Å²) in [6.07, 6.45) is 6.69. The van der Waals surface area contributed by atoms with Crippen molar-refractivity contribution in [2.24, 2.45) is 5.92 Å². The van der Waals surface area contributed by atoms with Crippen LogP contribution in [0.5, 0.6) is 0 Å². The third kappa shape index (κ3) is 7.28. The Hall–Kier alpha value is -1.79. The number of carbonyl (C=O) groups is 3. The zero-order valence-corrected chi connectivity index (χ0v) is 13.2. The second-order valence-corrected chi connectivity index (χ2v) is 5.79. The fourth-order valence-corrected chi connectivity index (χ4v) is 2.60. The summed E-state index contributed by atoms with van der Waals surface area (Å²) in [6.45, 7) is 1.85. The first kappa shape index (κ1) is 18.3. The van der Waals surface area contributed by atoms with Crippen molar-refractivity contribution in [3.63, 3.8) is 0 Å². The Kier molecular flexibility index (Phi) is 8.32. The predicted molar refractivity (Wildman–Crippen MR) is 82.5 cm³/mol. The second-order valence-electron chi connectivity index (χ2n) is 5.79. The number of aliphatic carboxylic acids is 1. The van der Waals surface area contributed by atoms with Crippen LogP contribution in [-0.4, -0.2) is 42.1 Å². The zero-order valence-electron chi connectivity index (χ0n) is 13.2. The highest BCUT2D eigenvalue weighted by Gasteiger charge is 2.18. The van der Waals surface area contributed by atoms with Gasteiger partial charge in [-0.1, -0.05) is 32.6 Å². The minimum Gasteiger partial charge on any atom is -0.481 e. The minimum absolute atomic E-state index is 0.0912. The minimum atomic E-state index is -0.912. The third-order valence-electron chi connectivity index (χ3n) is 3.88. The number of amides is 3. The molecule has 0 aromatic heterocycles. The van der Waals surface area contributed by atoms with Crippen LogP contribution in [0.4, 0.5) is 4.79 Å². The van der Waals surface area contributed by atoms with E-state index in [-0.39, 0.29) is 31.1 Å². The average molecular weight is 313 g/mol. The highest BCUT2D eigenvalue weighted by atomic mass is 16.4. The van der Waals surface area contributed by atoms with Gasteiger partial charge in [-0.05, 0) is 19.3 Å². The van der Waals surface area contributed by atoms with E-state index in [1.54, 1.807) is 0 Å². The van der Waals surface area contributed by atoms with E-state index in [4.69, 9.17) is 5.11 Å². The van der Waals surface area contributed by atoms with Crippen molar-refractivity contribution in [1.29, 1.82) is 0 Å². The summed E-state index contributed by atoms with van der Waals surface area (Å²) in [5, 5.41) is 16.9. The van der Waals surface area contributed by atoms with Crippen LogP contribution in [0.15, 0.2) is 0 Å². The smallest absolute Gasteiger partial charge is 0.315 e. The monoisotopic (exact) mass is 313 g/mol. The van der Waals surface area contributed by atoms with Gasteiger partial charge in [-0.15, -0.1) is 0 Å². The molecule has 3 amide bonds. The molecule has 1 fully saturated rings. The quantitative estimate of drug-likeness (QED) is 0.540. The van der Waals surface area contributed by atoms with Crippen LogP contribution in [0.2, 0.25) is 0 Å². The molecule has 22 heavy (non-hydrogen) atoms. The van der Waals surface area contributed by atoms with E-state index in [1.165, 1.54) is 6.42 Å². The molecular formula is C15H27N3O4. The summed E-state index contributed by atoms with van der Waals surface area (Å²) < 4.78 is 0. The van der Waals surface area contributed by atoms with Crippen molar-refractivity contribution in [1.82, 2.24) is 16.0 Å². The summed E-state index contributed by atoms with van der Waals surface area (Å²) in [5.74, 6) is -1.86. The Morgan fingerprint density at radius 3 is 2.41 bits per heavy atom. The van der Waals surface area contributed by atoms with Crippen LogP contribution in [0.3, 0.4) is 0 Å². The van der Waals surface area contributed by atoms with Crippen LogP contribution < -0.4 is 16.0 Å². The number of urea groups is 1. The van der Waals surface area contributed by atoms with Crippen molar-refractivity contribution in [2.45, 2.75) is 57.9 Å². The number of carbonyl (C=O) groups excluding carboxylic acids is 2. The van der Waals surface area contributed by atoms with E-state index < -0.39 is 11.9 Å². The van der Waals surface area contributed by atoms with Gasteiger partial charge in [-0.2, -0.15) is 0 Å². The Morgan fingerprint density at radius 2 is 1.82 bits per heavy atom. The molecule has 1 rings (SSSR count). The SMILES string of the molecule is CCCC(CNC(=O)CNC(=O)NC1CCCCC1)C(=O)O. The lowest BCUT2D eigenvalue weighted by Gasteiger charge is -2.22. The maximum atomic E-state index is 11.7. The molecule has 1 saturated carbocycles. The van der Waals surface area contributed by atoms with Crippen LogP contribution in [0.25, 0.3) is 0 Å². The second kappa shape index (κ2) is 10.0. The van der Waals surface area contributed by atoms with Gasteiger partial charge >= 0.3 is 12.0 Å². The Morgan fingerprint density at radius 1 is 1.14 bits per heavy atom. The van der Waals surface area contributed by atoms with Gasteiger partial charge in [0.15, 0.2) is 0 Å². The highest BCUT2D eigenvalue weighted by Crippen LogP contribution is 2.17. The van der Waals surface area contributed by atoms with Crippen LogP contribution in [0, 0.1) is 5.92 Å². The van der Waals surface area contributed by atoms with Crippen molar-refractivity contribution >= 4 is 17.9 Å². The Bertz CT molecular complexity index is 381. The van der Waals surface area contributed by atoms with Crippen molar-refractivity contribution < 1.29 is 19.5 Å². The molecule has 1 unspecified atom stereocenters. The lowest BCUT2D eigenvalue weighted by Crippen LogP contribution is -2.46. The molecule has 0 aromatic carbocycles. The Balaban J connectivity index is 2.18. The molecule has 0 aromatic rings.